The molecule has 0 amide bonds. The maximum Gasteiger partial charge on any atom is 0.334 e. The SMILES string of the molecule is CCC[Si](C)(OC)OC.Nc1ccccc1. The maximum absolute atomic E-state index is 5.36. The summed E-state index contributed by atoms with van der Waals surface area (Å²) in [5, 5.41) is 0. The molecule has 0 spiro atoms. The van der Waals surface area contributed by atoms with Crippen molar-refractivity contribution >= 4 is 14.2 Å². The van der Waals surface area contributed by atoms with Crippen LogP contribution in [0, 0.1) is 0 Å². The molecule has 0 radical (unpaired) electrons. The van der Waals surface area contributed by atoms with Crippen LogP contribution in [0.15, 0.2) is 30.3 Å². The van der Waals surface area contributed by atoms with Gasteiger partial charge in [0.25, 0.3) is 0 Å². The van der Waals surface area contributed by atoms with E-state index in [0.717, 1.165) is 18.2 Å². The zero-order chi connectivity index (χ0) is 12.4. The average molecular weight is 241 g/mol. The number of anilines is 1. The molecule has 0 saturated heterocycles. The van der Waals surface area contributed by atoms with Crippen molar-refractivity contribution in [2.24, 2.45) is 0 Å². The summed E-state index contributed by atoms with van der Waals surface area (Å²) >= 11 is 0. The van der Waals surface area contributed by atoms with E-state index >= 15 is 0 Å². The second-order valence-corrected chi connectivity index (χ2v) is 7.29. The summed E-state index contributed by atoms with van der Waals surface area (Å²) in [6.07, 6.45) is 1.14. The van der Waals surface area contributed by atoms with Crippen molar-refractivity contribution in [3.63, 3.8) is 0 Å². The summed E-state index contributed by atoms with van der Waals surface area (Å²) in [7, 11) is 1.76. The van der Waals surface area contributed by atoms with E-state index in [9.17, 15) is 0 Å². The van der Waals surface area contributed by atoms with E-state index < -0.39 is 8.56 Å². The Labute approximate surface area is 99.8 Å². The summed E-state index contributed by atoms with van der Waals surface area (Å²) in [4.78, 5) is 0. The van der Waals surface area contributed by atoms with Gasteiger partial charge in [-0.2, -0.15) is 0 Å². The molecule has 3 nitrogen and oxygen atoms in total. The Kier molecular flexibility index (Phi) is 7.89. The minimum atomic E-state index is -1.70. The summed E-state index contributed by atoms with van der Waals surface area (Å²) in [5.41, 5.74) is 6.18. The first-order chi connectivity index (χ1) is 7.58. The molecule has 0 unspecified atom stereocenters. The van der Waals surface area contributed by atoms with Crippen LogP contribution in [0.4, 0.5) is 5.69 Å². The van der Waals surface area contributed by atoms with E-state index in [0.29, 0.717) is 0 Å². The lowest BCUT2D eigenvalue weighted by atomic mass is 10.3. The van der Waals surface area contributed by atoms with Crippen LogP contribution in [-0.4, -0.2) is 22.8 Å². The zero-order valence-electron chi connectivity index (χ0n) is 10.7. The molecule has 0 aliphatic carbocycles. The molecule has 0 atom stereocenters. The molecule has 4 heteroatoms. The molecule has 0 aliphatic heterocycles. The Morgan fingerprint density at radius 1 is 1.12 bits per heavy atom. The molecule has 0 aromatic heterocycles. The molecular weight excluding hydrogens is 218 g/mol. The minimum absolute atomic E-state index is 0.822. The van der Waals surface area contributed by atoms with Crippen LogP contribution in [0.2, 0.25) is 12.6 Å². The highest BCUT2D eigenvalue weighted by atomic mass is 28.4. The van der Waals surface area contributed by atoms with E-state index in [1.54, 1.807) is 14.2 Å². The van der Waals surface area contributed by atoms with Crippen LogP contribution in [0.1, 0.15) is 13.3 Å². The Balaban J connectivity index is 0.000000288. The number of rotatable bonds is 4. The van der Waals surface area contributed by atoms with Gasteiger partial charge >= 0.3 is 8.56 Å². The summed E-state index contributed by atoms with van der Waals surface area (Å²) in [5.74, 6) is 0. The molecule has 2 N–H and O–H groups in total. The van der Waals surface area contributed by atoms with Gasteiger partial charge in [-0.3, -0.25) is 0 Å². The third kappa shape index (κ3) is 6.61. The number of nitrogens with two attached hydrogens (primary N) is 1. The van der Waals surface area contributed by atoms with Crippen LogP contribution < -0.4 is 5.73 Å². The fraction of sp³-hybridized carbons (Fsp3) is 0.500. The van der Waals surface area contributed by atoms with Gasteiger partial charge in [-0.05, 0) is 24.7 Å². The second kappa shape index (κ2) is 8.33. The number of hydrogen-bond donors (Lipinski definition) is 1. The van der Waals surface area contributed by atoms with Crippen LogP contribution in [0.25, 0.3) is 0 Å². The van der Waals surface area contributed by atoms with Crippen molar-refractivity contribution < 1.29 is 8.85 Å². The average Bonchev–Trinajstić information content (AvgIpc) is 2.31. The van der Waals surface area contributed by atoms with Crippen molar-refractivity contribution in [3.05, 3.63) is 30.3 Å². The van der Waals surface area contributed by atoms with Crippen LogP contribution in [-0.2, 0) is 8.85 Å². The number of benzene rings is 1. The number of nitrogen functional groups attached to an aromatic ring is 1. The first kappa shape index (κ1) is 15.2. The van der Waals surface area contributed by atoms with Gasteiger partial charge in [-0.1, -0.05) is 31.5 Å². The molecule has 92 valence electrons. The standard InChI is InChI=1S/C6H7N.C6H16O2Si/c7-6-4-2-1-3-5-6;1-5-6-9(4,7-2)8-3/h1-5H,7H2;5-6H2,1-4H3. The van der Waals surface area contributed by atoms with E-state index in [4.69, 9.17) is 14.6 Å². The molecule has 16 heavy (non-hydrogen) atoms. The fourth-order valence-corrected chi connectivity index (χ4v) is 2.68. The van der Waals surface area contributed by atoms with Crippen molar-refractivity contribution in [1.82, 2.24) is 0 Å². The highest BCUT2D eigenvalue weighted by molar-refractivity contribution is 6.65. The molecule has 1 rings (SSSR count). The molecule has 0 fully saturated rings. The van der Waals surface area contributed by atoms with Gasteiger partial charge in [0, 0.05) is 19.9 Å². The van der Waals surface area contributed by atoms with Crippen LogP contribution in [0.5, 0.6) is 0 Å². The van der Waals surface area contributed by atoms with Crippen LogP contribution >= 0.6 is 0 Å². The van der Waals surface area contributed by atoms with Gasteiger partial charge in [0.2, 0.25) is 0 Å². The van der Waals surface area contributed by atoms with E-state index in [1.807, 2.05) is 30.3 Å². The number of hydrogen-bond acceptors (Lipinski definition) is 3. The summed E-state index contributed by atoms with van der Waals surface area (Å²) in [6.45, 7) is 4.22. The summed E-state index contributed by atoms with van der Waals surface area (Å²) < 4.78 is 10.5. The second-order valence-electron chi connectivity index (χ2n) is 3.70. The van der Waals surface area contributed by atoms with E-state index in [2.05, 4.69) is 13.5 Å². The van der Waals surface area contributed by atoms with Gasteiger partial charge in [-0.15, -0.1) is 0 Å². The van der Waals surface area contributed by atoms with Gasteiger partial charge in [0.15, 0.2) is 0 Å². The monoisotopic (exact) mass is 241 g/mol. The Morgan fingerprint density at radius 2 is 1.62 bits per heavy atom. The fourth-order valence-electron chi connectivity index (χ4n) is 1.19. The van der Waals surface area contributed by atoms with E-state index in [1.165, 1.54) is 0 Å². The van der Waals surface area contributed by atoms with Crippen molar-refractivity contribution in [2.45, 2.75) is 25.9 Å². The topological polar surface area (TPSA) is 44.5 Å². The highest BCUT2D eigenvalue weighted by Crippen LogP contribution is 2.12. The third-order valence-corrected chi connectivity index (χ3v) is 5.50. The Bertz CT molecular complexity index is 263. The Morgan fingerprint density at radius 3 is 1.81 bits per heavy atom. The molecule has 0 heterocycles. The predicted octanol–water partition coefficient (Wildman–Crippen LogP) is 3.03. The van der Waals surface area contributed by atoms with Gasteiger partial charge < -0.3 is 14.6 Å². The lowest BCUT2D eigenvalue weighted by Gasteiger charge is -2.21. The largest absolute Gasteiger partial charge is 0.399 e. The zero-order valence-corrected chi connectivity index (χ0v) is 11.7. The van der Waals surface area contributed by atoms with E-state index in [-0.39, 0.29) is 0 Å². The first-order valence-corrected chi connectivity index (χ1v) is 8.01. The van der Waals surface area contributed by atoms with Crippen molar-refractivity contribution in [1.29, 1.82) is 0 Å². The predicted molar refractivity (Wildman–Crippen MR) is 71.6 cm³/mol. The smallest absolute Gasteiger partial charge is 0.334 e. The maximum atomic E-state index is 5.36. The number of para-hydroxylation sites is 1. The molecular formula is C12H23NO2Si. The normalized spacial score (nSPS) is 10.5. The Hall–Kier alpha value is -0.843. The molecule has 0 aliphatic rings. The lowest BCUT2D eigenvalue weighted by Crippen LogP contribution is -2.35. The molecule has 0 bridgehead atoms. The summed E-state index contributed by atoms with van der Waals surface area (Å²) in [6, 6.07) is 10.6. The van der Waals surface area contributed by atoms with Gasteiger partial charge in [0.05, 0.1) is 0 Å². The van der Waals surface area contributed by atoms with Crippen molar-refractivity contribution in [3.8, 4) is 0 Å². The van der Waals surface area contributed by atoms with Gasteiger partial charge in [-0.25, -0.2) is 0 Å². The first-order valence-electron chi connectivity index (χ1n) is 5.48. The molecule has 1 aromatic rings. The lowest BCUT2D eigenvalue weighted by molar-refractivity contribution is 0.249. The van der Waals surface area contributed by atoms with Crippen LogP contribution in [0.3, 0.4) is 0 Å². The third-order valence-electron chi connectivity index (χ3n) is 2.37. The quantitative estimate of drug-likeness (QED) is 0.651. The minimum Gasteiger partial charge on any atom is -0.399 e. The van der Waals surface area contributed by atoms with Crippen molar-refractivity contribution in [2.75, 3.05) is 20.0 Å². The molecule has 1 aromatic carbocycles. The highest BCUT2D eigenvalue weighted by Gasteiger charge is 2.26. The molecule has 0 saturated carbocycles. The van der Waals surface area contributed by atoms with Gasteiger partial charge in [0.1, 0.15) is 0 Å².